The second kappa shape index (κ2) is 5.40. The van der Waals surface area contributed by atoms with Crippen LogP contribution in [0.3, 0.4) is 0 Å². The van der Waals surface area contributed by atoms with Crippen LogP contribution in [0.15, 0.2) is 30.3 Å². The van der Waals surface area contributed by atoms with E-state index in [1.54, 1.807) is 6.92 Å². The maximum atomic E-state index is 11.6. The zero-order valence-electron chi connectivity index (χ0n) is 10.6. The quantitative estimate of drug-likeness (QED) is 0.863. The van der Waals surface area contributed by atoms with Crippen molar-refractivity contribution in [2.24, 2.45) is 0 Å². The molecule has 0 bridgehead atoms. The summed E-state index contributed by atoms with van der Waals surface area (Å²) in [7, 11) is 0. The van der Waals surface area contributed by atoms with E-state index >= 15 is 0 Å². The monoisotopic (exact) mass is 249 g/mol. The molecule has 2 N–H and O–H groups in total. The first-order valence-electron chi connectivity index (χ1n) is 6.29. The lowest BCUT2D eigenvalue weighted by Gasteiger charge is -2.25. The Bertz CT molecular complexity index is 403. The van der Waals surface area contributed by atoms with Gasteiger partial charge >= 0.3 is 6.09 Å². The van der Waals surface area contributed by atoms with Crippen molar-refractivity contribution in [1.29, 1.82) is 0 Å². The minimum atomic E-state index is -0.885. The molecule has 2 rings (SSSR count). The van der Waals surface area contributed by atoms with E-state index in [2.05, 4.69) is 5.32 Å². The molecule has 0 heterocycles. The molecule has 4 heteroatoms. The summed E-state index contributed by atoms with van der Waals surface area (Å²) in [6.45, 7) is 2.16. The fourth-order valence-electron chi connectivity index (χ4n) is 2.24. The van der Waals surface area contributed by atoms with Crippen molar-refractivity contribution in [2.45, 2.75) is 44.4 Å². The van der Waals surface area contributed by atoms with Gasteiger partial charge in [-0.05, 0) is 31.7 Å². The van der Waals surface area contributed by atoms with Gasteiger partial charge < -0.3 is 15.2 Å². The van der Waals surface area contributed by atoms with E-state index in [0.717, 1.165) is 18.4 Å². The van der Waals surface area contributed by atoms with Crippen LogP contribution in [0, 0.1) is 0 Å². The molecule has 0 aliphatic heterocycles. The Morgan fingerprint density at radius 2 is 2.22 bits per heavy atom. The second-order valence-corrected chi connectivity index (χ2v) is 4.98. The molecule has 1 aromatic rings. The molecule has 1 amide bonds. The van der Waals surface area contributed by atoms with E-state index in [1.807, 2.05) is 30.3 Å². The highest BCUT2D eigenvalue weighted by Crippen LogP contribution is 2.31. The van der Waals surface area contributed by atoms with Crippen molar-refractivity contribution in [1.82, 2.24) is 5.32 Å². The highest BCUT2D eigenvalue weighted by molar-refractivity contribution is 5.67. The molecule has 98 valence electrons. The first-order chi connectivity index (χ1) is 8.58. The molecule has 0 spiro atoms. The van der Waals surface area contributed by atoms with Gasteiger partial charge in [-0.1, -0.05) is 30.3 Å². The van der Waals surface area contributed by atoms with Crippen molar-refractivity contribution >= 4 is 6.09 Å². The van der Waals surface area contributed by atoms with Crippen LogP contribution in [0.2, 0.25) is 0 Å². The van der Waals surface area contributed by atoms with Gasteiger partial charge in [-0.3, -0.25) is 0 Å². The lowest BCUT2D eigenvalue weighted by atomic mass is 10.0. The number of hydrogen-bond donors (Lipinski definition) is 2. The first kappa shape index (κ1) is 12.9. The third kappa shape index (κ3) is 3.23. The van der Waals surface area contributed by atoms with Crippen molar-refractivity contribution in [3.63, 3.8) is 0 Å². The maximum Gasteiger partial charge on any atom is 0.407 e. The molecule has 0 aromatic heterocycles. The van der Waals surface area contributed by atoms with Gasteiger partial charge in [0.15, 0.2) is 0 Å². The van der Waals surface area contributed by atoms with E-state index < -0.39 is 17.8 Å². The maximum absolute atomic E-state index is 11.6. The molecule has 0 radical (unpaired) electrons. The molecule has 2 atom stereocenters. The van der Waals surface area contributed by atoms with Gasteiger partial charge in [-0.2, -0.15) is 0 Å². The molecular formula is C14H19NO3. The highest BCUT2D eigenvalue weighted by atomic mass is 16.6. The van der Waals surface area contributed by atoms with Crippen LogP contribution in [0.5, 0.6) is 0 Å². The largest absolute Gasteiger partial charge is 0.443 e. The normalized spacial score (nSPS) is 26.9. The zero-order chi connectivity index (χ0) is 13.0. The fourth-order valence-corrected chi connectivity index (χ4v) is 2.24. The predicted molar refractivity (Wildman–Crippen MR) is 68.0 cm³/mol. The fraction of sp³-hybridized carbons (Fsp3) is 0.500. The number of aliphatic hydroxyl groups is 1. The zero-order valence-corrected chi connectivity index (χ0v) is 10.6. The SMILES string of the molecule is CC1(O)CCCC1OC(=O)NCc1ccccc1. The number of rotatable bonds is 3. The number of carbonyl (C=O) groups excluding carboxylic acids is 1. The number of amides is 1. The van der Waals surface area contributed by atoms with Gasteiger partial charge in [-0.15, -0.1) is 0 Å². The van der Waals surface area contributed by atoms with Gasteiger partial charge in [0.1, 0.15) is 6.10 Å². The average Bonchev–Trinajstić information content (AvgIpc) is 2.68. The van der Waals surface area contributed by atoms with Crippen LogP contribution < -0.4 is 5.32 Å². The predicted octanol–water partition coefficient (Wildman–Crippen LogP) is 2.22. The van der Waals surface area contributed by atoms with Crippen LogP contribution in [0.25, 0.3) is 0 Å². The summed E-state index contributed by atoms with van der Waals surface area (Å²) in [5.41, 5.74) is 0.136. The topological polar surface area (TPSA) is 58.6 Å². The lowest BCUT2D eigenvalue weighted by Crippen LogP contribution is -2.39. The molecule has 4 nitrogen and oxygen atoms in total. The molecule has 0 saturated heterocycles. The molecule has 1 saturated carbocycles. The van der Waals surface area contributed by atoms with Crippen LogP contribution in [-0.2, 0) is 11.3 Å². The molecule has 1 aliphatic carbocycles. The van der Waals surface area contributed by atoms with Gasteiger partial charge in [0.2, 0.25) is 0 Å². The number of benzene rings is 1. The number of ether oxygens (including phenoxy) is 1. The Labute approximate surface area is 107 Å². The van der Waals surface area contributed by atoms with Gasteiger partial charge in [0.25, 0.3) is 0 Å². The van der Waals surface area contributed by atoms with E-state index in [0.29, 0.717) is 13.0 Å². The van der Waals surface area contributed by atoms with E-state index in [4.69, 9.17) is 4.74 Å². The van der Waals surface area contributed by atoms with Gasteiger partial charge in [0, 0.05) is 6.54 Å². The first-order valence-corrected chi connectivity index (χ1v) is 6.29. The third-order valence-corrected chi connectivity index (χ3v) is 3.37. The van der Waals surface area contributed by atoms with Crippen LogP contribution >= 0.6 is 0 Å². The average molecular weight is 249 g/mol. The summed E-state index contributed by atoms with van der Waals surface area (Å²) in [5.74, 6) is 0. The number of carbonyl (C=O) groups is 1. The van der Waals surface area contributed by atoms with Crippen molar-refractivity contribution in [3.8, 4) is 0 Å². The van der Waals surface area contributed by atoms with Gasteiger partial charge in [-0.25, -0.2) is 4.79 Å². The number of hydrogen-bond acceptors (Lipinski definition) is 3. The summed E-state index contributed by atoms with van der Waals surface area (Å²) >= 11 is 0. The van der Waals surface area contributed by atoms with Crippen LogP contribution in [-0.4, -0.2) is 22.9 Å². The summed E-state index contributed by atoms with van der Waals surface area (Å²) in [5, 5.41) is 12.7. The molecule has 1 aliphatic rings. The third-order valence-electron chi connectivity index (χ3n) is 3.37. The van der Waals surface area contributed by atoms with Crippen molar-refractivity contribution < 1.29 is 14.6 Å². The van der Waals surface area contributed by atoms with Crippen LogP contribution in [0.4, 0.5) is 4.79 Å². The Morgan fingerprint density at radius 3 is 2.83 bits per heavy atom. The highest BCUT2D eigenvalue weighted by Gasteiger charge is 2.39. The van der Waals surface area contributed by atoms with Crippen molar-refractivity contribution in [2.75, 3.05) is 0 Å². The Kier molecular flexibility index (Phi) is 3.87. The number of alkyl carbamates (subject to hydrolysis) is 1. The minimum absolute atomic E-state index is 0.395. The lowest BCUT2D eigenvalue weighted by molar-refractivity contribution is -0.0463. The number of nitrogens with one attached hydrogen (secondary N) is 1. The Balaban J connectivity index is 1.79. The second-order valence-electron chi connectivity index (χ2n) is 4.98. The standard InChI is InChI=1S/C14H19NO3/c1-14(17)9-5-8-12(14)18-13(16)15-10-11-6-3-2-4-7-11/h2-4,6-7,12,17H,5,8-10H2,1H3,(H,15,16). The molecule has 18 heavy (non-hydrogen) atoms. The van der Waals surface area contributed by atoms with E-state index in [-0.39, 0.29) is 0 Å². The van der Waals surface area contributed by atoms with E-state index in [9.17, 15) is 9.90 Å². The summed E-state index contributed by atoms with van der Waals surface area (Å²) in [4.78, 5) is 11.6. The summed E-state index contributed by atoms with van der Waals surface area (Å²) in [6.07, 6.45) is 1.44. The van der Waals surface area contributed by atoms with Gasteiger partial charge in [0.05, 0.1) is 5.60 Å². The molecule has 1 aromatic carbocycles. The Morgan fingerprint density at radius 1 is 1.50 bits per heavy atom. The molecule has 2 unspecified atom stereocenters. The Hall–Kier alpha value is -1.55. The van der Waals surface area contributed by atoms with Crippen molar-refractivity contribution in [3.05, 3.63) is 35.9 Å². The molecular weight excluding hydrogens is 230 g/mol. The van der Waals surface area contributed by atoms with Crippen LogP contribution in [0.1, 0.15) is 31.7 Å². The smallest absolute Gasteiger partial charge is 0.407 e. The minimum Gasteiger partial charge on any atom is -0.443 e. The summed E-state index contributed by atoms with van der Waals surface area (Å²) in [6, 6.07) is 9.64. The molecule has 1 fully saturated rings. The van der Waals surface area contributed by atoms with E-state index in [1.165, 1.54) is 0 Å². The summed E-state index contributed by atoms with van der Waals surface area (Å²) < 4.78 is 5.25.